The molecule has 1 aliphatic carbocycles. The van der Waals surface area contributed by atoms with Crippen molar-refractivity contribution in [2.75, 3.05) is 20.6 Å². The fraction of sp³-hybridized carbons (Fsp3) is 0.583. The van der Waals surface area contributed by atoms with Gasteiger partial charge in [0.1, 0.15) is 5.76 Å². The summed E-state index contributed by atoms with van der Waals surface area (Å²) < 4.78 is 5.44. The van der Waals surface area contributed by atoms with E-state index in [1.54, 1.807) is 6.26 Å². The smallest absolute Gasteiger partial charge is 0.166 e. The van der Waals surface area contributed by atoms with E-state index in [2.05, 4.69) is 15.5 Å². The lowest BCUT2D eigenvalue weighted by atomic mass is 10.2. The fourth-order valence-electron chi connectivity index (χ4n) is 1.67. The maximum Gasteiger partial charge on any atom is 0.166 e. The van der Waals surface area contributed by atoms with Gasteiger partial charge in [0.2, 0.25) is 0 Å². The molecule has 1 heterocycles. The van der Waals surface area contributed by atoms with E-state index in [9.17, 15) is 0 Å². The molecule has 0 aromatic carbocycles. The molecule has 1 aromatic heterocycles. The van der Waals surface area contributed by atoms with Gasteiger partial charge in [-0.1, -0.05) is 0 Å². The van der Waals surface area contributed by atoms with Gasteiger partial charge in [0.25, 0.3) is 0 Å². The van der Waals surface area contributed by atoms with Crippen molar-refractivity contribution >= 4 is 17.3 Å². The summed E-state index contributed by atoms with van der Waals surface area (Å²) in [6, 6.07) is 4.69. The SMILES string of the molecule is CN(C)[C@@H](CNC(=S)NC1CC1)c1ccco1. The second kappa shape index (κ2) is 5.51. The average molecular weight is 253 g/mol. The Bertz CT molecular complexity index is 360. The van der Waals surface area contributed by atoms with Crippen molar-refractivity contribution in [2.45, 2.75) is 24.9 Å². The first-order valence-electron chi connectivity index (χ1n) is 5.91. The van der Waals surface area contributed by atoms with Crippen LogP contribution in [0.2, 0.25) is 0 Å². The van der Waals surface area contributed by atoms with E-state index in [1.807, 2.05) is 26.2 Å². The molecule has 0 bridgehead atoms. The lowest BCUT2D eigenvalue weighted by Gasteiger charge is -2.23. The summed E-state index contributed by atoms with van der Waals surface area (Å²) in [5, 5.41) is 7.25. The number of likely N-dealkylation sites (N-methyl/N-ethyl adjacent to an activating group) is 1. The summed E-state index contributed by atoms with van der Waals surface area (Å²) in [7, 11) is 4.07. The van der Waals surface area contributed by atoms with E-state index in [1.165, 1.54) is 12.8 Å². The van der Waals surface area contributed by atoms with Crippen LogP contribution in [-0.4, -0.2) is 36.7 Å². The van der Waals surface area contributed by atoms with E-state index in [0.717, 1.165) is 17.4 Å². The largest absolute Gasteiger partial charge is 0.468 e. The predicted octanol–water partition coefficient (Wildman–Crippen LogP) is 1.51. The number of rotatable bonds is 5. The first-order valence-corrected chi connectivity index (χ1v) is 6.32. The number of hydrogen-bond donors (Lipinski definition) is 2. The van der Waals surface area contributed by atoms with Crippen LogP contribution in [0.5, 0.6) is 0 Å². The Morgan fingerprint density at radius 1 is 1.59 bits per heavy atom. The van der Waals surface area contributed by atoms with E-state index >= 15 is 0 Å². The van der Waals surface area contributed by atoms with Gasteiger partial charge in [0.15, 0.2) is 5.11 Å². The maximum atomic E-state index is 5.44. The summed E-state index contributed by atoms with van der Waals surface area (Å²) >= 11 is 5.23. The zero-order valence-corrected chi connectivity index (χ0v) is 11.1. The molecule has 1 fully saturated rings. The predicted molar refractivity (Wildman–Crippen MR) is 71.9 cm³/mol. The van der Waals surface area contributed by atoms with E-state index in [-0.39, 0.29) is 6.04 Å². The van der Waals surface area contributed by atoms with E-state index < -0.39 is 0 Å². The van der Waals surface area contributed by atoms with Crippen LogP contribution in [0, 0.1) is 0 Å². The number of nitrogens with one attached hydrogen (secondary N) is 2. The highest BCUT2D eigenvalue weighted by atomic mass is 32.1. The molecule has 0 radical (unpaired) electrons. The van der Waals surface area contributed by atoms with Gasteiger partial charge in [-0.15, -0.1) is 0 Å². The van der Waals surface area contributed by atoms with Gasteiger partial charge in [-0.3, -0.25) is 4.90 Å². The van der Waals surface area contributed by atoms with Crippen molar-refractivity contribution < 1.29 is 4.42 Å². The lowest BCUT2D eigenvalue weighted by Crippen LogP contribution is -2.41. The Balaban J connectivity index is 1.83. The Morgan fingerprint density at radius 3 is 2.88 bits per heavy atom. The van der Waals surface area contributed by atoms with Crippen molar-refractivity contribution in [3.8, 4) is 0 Å². The highest BCUT2D eigenvalue weighted by molar-refractivity contribution is 7.80. The van der Waals surface area contributed by atoms with Crippen molar-refractivity contribution in [1.29, 1.82) is 0 Å². The molecule has 0 aliphatic heterocycles. The minimum atomic E-state index is 0.198. The third-order valence-corrected chi connectivity index (χ3v) is 3.13. The van der Waals surface area contributed by atoms with Gasteiger partial charge in [0, 0.05) is 12.6 Å². The van der Waals surface area contributed by atoms with Crippen LogP contribution in [0.15, 0.2) is 22.8 Å². The molecule has 1 aromatic rings. The molecule has 94 valence electrons. The van der Waals surface area contributed by atoms with Gasteiger partial charge >= 0.3 is 0 Å². The highest BCUT2D eigenvalue weighted by Gasteiger charge is 2.22. The molecule has 1 atom stereocenters. The standard InChI is InChI=1S/C12H19N3OS/c1-15(2)10(11-4-3-7-16-11)8-13-12(17)14-9-5-6-9/h3-4,7,9-10H,5-6,8H2,1-2H3,(H2,13,14,17)/t10-/m0/s1. The summed E-state index contributed by atoms with van der Waals surface area (Å²) in [4.78, 5) is 2.12. The quantitative estimate of drug-likeness (QED) is 0.778. The van der Waals surface area contributed by atoms with Gasteiger partial charge in [0.05, 0.1) is 12.3 Å². The van der Waals surface area contributed by atoms with E-state index in [0.29, 0.717) is 6.04 Å². The van der Waals surface area contributed by atoms with Gasteiger partial charge in [-0.05, 0) is 51.3 Å². The fourth-order valence-corrected chi connectivity index (χ4v) is 1.92. The number of hydrogen-bond acceptors (Lipinski definition) is 3. The van der Waals surface area contributed by atoms with Crippen LogP contribution in [0.3, 0.4) is 0 Å². The molecule has 4 nitrogen and oxygen atoms in total. The Kier molecular flexibility index (Phi) is 4.02. The Morgan fingerprint density at radius 2 is 2.35 bits per heavy atom. The monoisotopic (exact) mass is 253 g/mol. The molecule has 0 amide bonds. The number of furan rings is 1. The molecular formula is C12H19N3OS. The van der Waals surface area contributed by atoms with Gasteiger partial charge in [-0.25, -0.2) is 0 Å². The first-order chi connectivity index (χ1) is 8.16. The minimum Gasteiger partial charge on any atom is -0.468 e. The third-order valence-electron chi connectivity index (χ3n) is 2.86. The van der Waals surface area contributed by atoms with Crippen molar-refractivity contribution in [3.63, 3.8) is 0 Å². The second-order valence-corrected chi connectivity index (χ2v) is 5.03. The van der Waals surface area contributed by atoms with Crippen molar-refractivity contribution in [3.05, 3.63) is 24.2 Å². The van der Waals surface area contributed by atoms with Gasteiger partial charge in [-0.2, -0.15) is 0 Å². The maximum absolute atomic E-state index is 5.44. The van der Waals surface area contributed by atoms with Gasteiger partial charge < -0.3 is 15.1 Å². The molecule has 0 unspecified atom stereocenters. The first kappa shape index (κ1) is 12.4. The Labute approximate surface area is 107 Å². The summed E-state index contributed by atoms with van der Waals surface area (Å²) in [6.07, 6.45) is 4.17. The molecule has 2 rings (SSSR count). The summed E-state index contributed by atoms with van der Waals surface area (Å²) in [5.41, 5.74) is 0. The molecule has 1 saturated carbocycles. The van der Waals surface area contributed by atoms with Crippen molar-refractivity contribution in [2.24, 2.45) is 0 Å². The van der Waals surface area contributed by atoms with Crippen LogP contribution in [-0.2, 0) is 0 Å². The van der Waals surface area contributed by atoms with Crippen LogP contribution in [0.25, 0.3) is 0 Å². The number of nitrogens with zero attached hydrogens (tertiary/aromatic N) is 1. The highest BCUT2D eigenvalue weighted by Crippen LogP contribution is 2.19. The summed E-state index contributed by atoms with van der Waals surface area (Å²) in [6.45, 7) is 0.749. The van der Waals surface area contributed by atoms with Crippen LogP contribution < -0.4 is 10.6 Å². The van der Waals surface area contributed by atoms with Crippen LogP contribution in [0.1, 0.15) is 24.6 Å². The summed E-state index contributed by atoms with van der Waals surface area (Å²) in [5.74, 6) is 0.955. The molecule has 0 spiro atoms. The normalized spacial score (nSPS) is 16.9. The molecule has 5 heteroatoms. The van der Waals surface area contributed by atoms with Crippen LogP contribution in [0.4, 0.5) is 0 Å². The van der Waals surface area contributed by atoms with E-state index in [4.69, 9.17) is 16.6 Å². The molecule has 17 heavy (non-hydrogen) atoms. The Hall–Kier alpha value is -1.07. The topological polar surface area (TPSA) is 40.4 Å². The zero-order chi connectivity index (χ0) is 12.3. The average Bonchev–Trinajstić information content (AvgIpc) is 2.92. The third kappa shape index (κ3) is 3.71. The lowest BCUT2D eigenvalue weighted by molar-refractivity contribution is 0.258. The molecular weight excluding hydrogens is 234 g/mol. The zero-order valence-electron chi connectivity index (χ0n) is 10.3. The minimum absolute atomic E-state index is 0.198. The number of thiocarbonyl (C=S) groups is 1. The van der Waals surface area contributed by atoms with Crippen LogP contribution >= 0.6 is 12.2 Å². The second-order valence-electron chi connectivity index (χ2n) is 4.62. The molecule has 2 N–H and O–H groups in total. The van der Waals surface area contributed by atoms with Crippen molar-refractivity contribution in [1.82, 2.24) is 15.5 Å². The molecule has 0 saturated heterocycles. The molecule has 1 aliphatic rings.